The molecule has 1 spiro atoms. The Labute approximate surface area is 172 Å². The van der Waals surface area contributed by atoms with Crippen LogP contribution < -0.4 is 10.9 Å². The second-order valence-electron chi connectivity index (χ2n) is 7.88. The second kappa shape index (κ2) is 7.89. The van der Waals surface area contributed by atoms with Gasteiger partial charge in [-0.1, -0.05) is 25.0 Å². The number of ether oxygens (including phenoxy) is 1. The van der Waals surface area contributed by atoms with E-state index in [4.69, 9.17) is 4.74 Å². The first-order chi connectivity index (χ1) is 14.4. The normalized spacial score (nSPS) is 18.8. The van der Waals surface area contributed by atoms with E-state index in [1.54, 1.807) is 31.2 Å². The zero-order valence-electron chi connectivity index (χ0n) is 16.8. The molecular weight excluding hydrogens is 388 g/mol. The summed E-state index contributed by atoms with van der Waals surface area (Å²) in [4.78, 5) is 57.3. The van der Waals surface area contributed by atoms with Gasteiger partial charge in [-0.3, -0.25) is 19.3 Å². The Bertz CT molecular complexity index is 1060. The first-order valence-electron chi connectivity index (χ1n) is 10.2. The number of para-hydroxylation sites is 1. The molecule has 9 nitrogen and oxygen atoms in total. The molecule has 1 aliphatic heterocycles. The number of benzene rings is 1. The third-order valence-electron chi connectivity index (χ3n) is 5.79. The summed E-state index contributed by atoms with van der Waals surface area (Å²) in [6, 6.07) is 6.54. The van der Waals surface area contributed by atoms with E-state index in [9.17, 15) is 19.2 Å². The lowest BCUT2D eigenvalue weighted by Crippen LogP contribution is -2.44. The van der Waals surface area contributed by atoms with E-state index < -0.39 is 17.6 Å². The van der Waals surface area contributed by atoms with Crippen molar-refractivity contribution in [3.63, 3.8) is 0 Å². The van der Waals surface area contributed by atoms with Gasteiger partial charge in [-0.2, -0.15) is 0 Å². The van der Waals surface area contributed by atoms with E-state index in [0.29, 0.717) is 30.2 Å². The van der Waals surface area contributed by atoms with Gasteiger partial charge in [-0.05, 0) is 38.3 Å². The predicted octanol–water partition coefficient (Wildman–Crippen LogP) is 2.17. The molecule has 4 rings (SSSR count). The number of hydrogen-bond donors (Lipinski definition) is 2. The number of aromatic amines is 1. The molecule has 1 aliphatic carbocycles. The Morgan fingerprint density at radius 2 is 1.97 bits per heavy atom. The first-order valence-corrected chi connectivity index (χ1v) is 10.2. The van der Waals surface area contributed by atoms with E-state index >= 15 is 0 Å². The van der Waals surface area contributed by atoms with Gasteiger partial charge < -0.3 is 15.0 Å². The van der Waals surface area contributed by atoms with Gasteiger partial charge in [-0.15, -0.1) is 0 Å². The summed E-state index contributed by atoms with van der Waals surface area (Å²) in [6.45, 7) is 1.80. The molecule has 1 saturated heterocycles. The molecule has 1 aromatic heterocycles. The molecule has 2 N–H and O–H groups in total. The lowest BCUT2D eigenvalue weighted by atomic mass is 9.98. The van der Waals surface area contributed by atoms with Crippen molar-refractivity contribution in [3.05, 3.63) is 40.4 Å². The smallest absolute Gasteiger partial charge is 0.325 e. The van der Waals surface area contributed by atoms with Crippen LogP contribution in [0.4, 0.5) is 4.79 Å². The quantitative estimate of drug-likeness (QED) is 0.554. The number of imide groups is 1. The number of nitrogens with one attached hydrogen (secondary N) is 2. The topological polar surface area (TPSA) is 121 Å². The molecular formula is C21H24N4O5. The molecule has 3 amide bonds. The number of rotatable bonds is 6. The minimum atomic E-state index is -0.736. The highest BCUT2D eigenvalue weighted by Gasteiger charge is 2.52. The highest BCUT2D eigenvalue weighted by atomic mass is 16.5. The molecule has 1 saturated carbocycles. The minimum absolute atomic E-state index is 0.0478. The van der Waals surface area contributed by atoms with Crippen LogP contribution in [0.3, 0.4) is 0 Å². The number of hydrogen-bond acceptors (Lipinski definition) is 6. The molecule has 0 unspecified atom stereocenters. The number of fused-ring (bicyclic) bond motifs is 1. The average Bonchev–Trinajstić information content (AvgIpc) is 3.28. The van der Waals surface area contributed by atoms with Gasteiger partial charge in [0.15, 0.2) is 11.9 Å². The van der Waals surface area contributed by atoms with Gasteiger partial charge in [0.1, 0.15) is 5.54 Å². The van der Waals surface area contributed by atoms with Crippen molar-refractivity contribution in [1.82, 2.24) is 20.2 Å². The largest absolute Gasteiger partial charge is 0.454 e. The van der Waals surface area contributed by atoms with Crippen LogP contribution in [0.15, 0.2) is 29.1 Å². The number of esters is 1. The Morgan fingerprint density at radius 1 is 1.23 bits per heavy atom. The van der Waals surface area contributed by atoms with Crippen LogP contribution in [-0.2, 0) is 14.3 Å². The van der Waals surface area contributed by atoms with Crippen LogP contribution in [0.1, 0.15) is 57.4 Å². The standard InChI is InChI=1S/C21H24N4O5/c1-13(17-22-15-8-3-2-7-14(15)18(27)23-17)30-16(26)9-6-12-25-19(28)21(24-20(25)29)10-4-5-11-21/h2-3,7-8,13H,4-6,9-12H2,1H3,(H,24,29)(H,22,23,27)/t13-/m1/s1. The van der Waals surface area contributed by atoms with Crippen molar-refractivity contribution in [2.75, 3.05) is 6.54 Å². The summed E-state index contributed by atoms with van der Waals surface area (Å²) < 4.78 is 5.38. The Balaban J connectivity index is 1.31. The predicted molar refractivity (Wildman–Crippen MR) is 108 cm³/mol. The van der Waals surface area contributed by atoms with Crippen molar-refractivity contribution in [2.24, 2.45) is 0 Å². The number of aromatic nitrogens is 2. The number of nitrogens with zero attached hydrogens (tertiary/aromatic N) is 2. The molecule has 1 atom stereocenters. The van der Waals surface area contributed by atoms with Crippen molar-refractivity contribution in [1.29, 1.82) is 0 Å². The fraction of sp³-hybridized carbons (Fsp3) is 0.476. The number of amides is 3. The van der Waals surface area contributed by atoms with Crippen LogP contribution in [0.5, 0.6) is 0 Å². The van der Waals surface area contributed by atoms with Gasteiger partial charge in [0.05, 0.1) is 10.9 Å². The molecule has 2 fully saturated rings. The maximum absolute atomic E-state index is 12.6. The fourth-order valence-corrected chi connectivity index (χ4v) is 4.19. The van der Waals surface area contributed by atoms with Crippen molar-refractivity contribution in [3.8, 4) is 0 Å². The van der Waals surface area contributed by atoms with E-state index in [1.165, 1.54) is 4.90 Å². The molecule has 0 bridgehead atoms. The van der Waals surface area contributed by atoms with Gasteiger partial charge in [0.2, 0.25) is 0 Å². The number of carbonyl (C=O) groups is 3. The summed E-state index contributed by atoms with van der Waals surface area (Å²) >= 11 is 0. The Morgan fingerprint density at radius 3 is 2.73 bits per heavy atom. The summed E-state index contributed by atoms with van der Waals surface area (Å²) in [7, 11) is 0. The summed E-state index contributed by atoms with van der Waals surface area (Å²) in [5.41, 5.74) is -0.504. The maximum atomic E-state index is 12.6. The maximum Gasteiger partial charge on any atom is 0.325 e. The van der Waals surface area contributed by atoms with Crippen molar-refractivity contribution in [2.45, 2.75) is 57.1 Å². The number of H-pyrrole nitrogens is 1. The van der Waals surface area contributed by atoms with Crippen LogP contribution in [0, 0.1) is 0 Å². The first kappa shape index (κ1) is 20.1. The van der Waals surface area contributed by atoms with Crippen LogP contribution in [-0.4, -0.2) is 44.9 Å². The third kappa shape index (κ3) is 3.67. The zero-order chi connectivity index (χ0) is 21.3. The second-order valence-corrected chi connectivity index (χ2v) is 7.88. The monoisotopic (exact) mass is 412 g/mol. The SMILES string of the molecule is C[C@@H](OC(=O)CCCN1C(=O)NC2(CCCC2)C1=O)c1nc2ccccc2c(=O)[nH]1. The van der Waals surface area contributed by atoms with Gasteiger partial charge >= 0.3 is 12.0 Å². The summed E-state index contributed by atoms with van der Waals surface area (Å²) in [5, 5.41) is 3.29. The molecule has 158 valence electrons. The number of carbonyl (C=O) groups excluding carboxylic acids is 3. The van der Waals surface area contributed by atoms with E-state index in [-0.39, 0.29) is 36.3 Å². The molecule has 0 radical (unpaired) electrons. The van der Waals surface area contributed by atoms with Gasteiger partial charge in [-0.25, -0.2) is 9.78 Å². The van der Waals surface area contributed by atoms with Crippen LogP contribution >= 0.6 is 0 Å². The van der Waals surface area contributed by atoms with Gasteiger partial charge in [0, 0.05) is 13.0 Å². The zero-order valence-corrected chi connectivity index (χ0v) is 16.8. The number of urea groups is 1. The van der Waals surface area contributed by atoms with E-state index in [1.807, 2.05) is 0 Å². The molecule has 2 heterocycles. The Hall–Kier alpha value is -3.23. The highest BCUT2D eigenvalue weighted by Crippen LogP contribution is 2.35. The van der Waals surface area contributed by atoms with E-state index in [0.717, 1.165) is 12.8 Å². The van der Waals surface area contributed by atoms with Crippen LogP contribution in [0.2, 0.25) is 0 Å². The molecule has 9 heteroatoms. The van der Waals surface area contributed by atoms with Crippen molar-refractivity contribution < 1.29 is 19.1 Å². The Kier molecular flexibility index (Phi) is 5.27. The third-order valence-corrected chi connectivity index (χ3v) is 5.79. The fourth-order valence-electron chi connectivity index (χ4n) is 4.19. The highest BCUT2D eigenvalue weighted by molar-refractivity contribution is 6.07. The van der Waals surface area contributed by atoms with E-state index in [2.05, 4.69) is 15.3 Å². The molecule has 2 aliphatic rings. The van der Waals surface area contributed by atoms with Crippen molar-refractivity contribution >= 4 is 28.8 Å². The molecule has 1 aromatic carbocycles. The lowest BCUT2D eigenvalue weighted by molar-refractivity contribution is -0.149. The summed E-state index contributed by atoms with van der Waals surface area (Å²) in [6.07, 6.45) is 2.82. The van der Waals surface area contributed by atoms with Gasteiger partial charge in [0.25, 0.3) is 11.5 Å². The lowest BCUT2D eigenvalue weighted by Gasteiger charge is -2.20. The average molecular weight is 412 g/mol. The molecule has 30 heavy (non-hydrogen) atoms. The van der Waals surface area contributed by atoms with Crippen LogP contribution in [0.25, 0.3) is 10.9 Å². The summed E-state index contributed by atoms with van der Waals surface area (Å²) in [5.74, 6) is -0.407. The minimum Gasteiger partial charge on any atom is -0.454 e. The molecule has 2 aromatic rings.